The van der Waals surface area contributed by atoms with Crippen molar-refractivity contribution in [2.45, 2.75) is 46.6 Å². The normalized spacial score (nSPS) is 12.4. The van der Waals surface area contributed by atoms with E-state index < -0.39 is 0 Å². The molecule has 1 nitrogen and oxygen atoms in total. The lowest BCUT2D eigenvalue weighted by Gasteiger charge is -2.28. The van der Waals surface area contributed by atoms with Crippen LogP contribution in [0.3, 0.4) is 0 Å². The first-order valence-electron chi connectivity index (χ1n) is 7.35. The molecule has 106 valence electrons. The van der Waals surface area contributed by atoms with E-state index in [0.717, 1.165) is 6.42 Å². The second-order valence-corrected chi connectivity index (χ2v) is 7.41. The predicted octanol–water partition coefficient (Wildman–Crippen LogP) is 4.81. The molecule has 1 aromatic carbocycles. The van der Waals surface area contributed by atoms with Gasteiger partial charge in [0.25, 0.3) is 0 Å². The summed E-state index contributed by atoms with van der Waals surface area (Å²) in [6.07, 6.45) is 5.55. The third kappa shape index (κ3) is 3.69. The molecule has 1 heteroatoms. The molecule has 0 saturated carbocycles. The summed E-state index contributed by atoms with van der Waals surface area (Å²) < 4.78 is 2.32. The Morgan fingerprint density at radius 2 is 1.25 bits per heavy atom. The molecule has 0 saturated heterocycles. The maximum atomic E-state index is 2.32. The van der Waals surface area contributed by atoms with Gasteiger partial charge in [0.2, 0.25) is 0 Å². The van der Waals surface area contributed by atoms with Crippen LogP contribution in [0, 0.1) is 5.41 Å². The van der Waals surface area contributed by atoms with E-state index in [1.807, 2.05) is 0 Å². The average molecular weight is 268 g/mol. The Morgan fingerprint density at radius 1 is 0.750 bits per heavy atom. The van der Waals surface area contributed by atoms with Gasteiger partial charge in [0.05, 0.1) is 0 Å². The van der Waals surface area contributed by atoms with Gasteiger partial charge in [0.15, 0.2) is 17.9 Å². The Kier molecular flexibility index (Phi) is 3.99. The van der Waals surface area contributed by atoms with Gasteiger partial charge in [-0.05, 0) is 16.5 Å². The van der Waals surface area contributed by atoms with Crippen LogP contribution in [0.1, 0.15) is 41.0 Å². The molecule has 0 N–H and O–H groups in total. The van der Waals surface area contributed by atoms with E-state index in [-0.39, 0.29) is 5.54 Å². The van der Waals surface area contributed by atoms with Gasteiger partial charge in [-0.3, -0.25) is 0 Å². The third-order valence-electron chi connectivity index (χ3n) is 3.60. The van der Waals surface area contributed by atoms with Crippen LogP contribution in [0.25, 0.3) is 11.1 Å². The van der Waals surface area contributed by atoms with Crippen LogP contribution in [-0.2, 0) is 5.54 Å². The second kappa shape index (κ2) is 5.40. The largest absolute Gasteiger partial charge is 0.200 e. The van der Waals surface area contributed by atoms with Crippen LogP contribution < -0.4 is 4.57 Å². The minimum Gasteiger partial charge on any atom is -0.200 e. The summed E-state index contributed by atoms with van der Waals surface area (Å²) in [6, 6.07) is 14.9. The molecule has 0 bridgehead atoms. The zero-order chi connectivity index (χ0) is 14.8. The highest BCUT2D eigenvalue weighted by Crippen LogP contribution is 2.28. The Bertz CT molecular complexity index is 545. The summed E-state index contributed by atoms with van der Waals surface area (Å²) >= 11 is 0. The minimum atomic E-state index is 0.132. The van der Waals surface area contributed by atoms with Crippen LogP contribution >= 0.6 is 0 Å². The van der Waals surface area contributed by atoms with Crippen molar-refractivity contribution in [3.8, 4) is 11.1 Å². The van der Waals surface area contributed by atoms with E-state index >= 15 is 0 Å². The summed E-state index contributed by atoms with van der Waals surface area (Å²) in [5, 5.41) is 0. The van der Waals surface area contributed by atoms with Crippen LogP contribution in [0.5, 0.6) is 0 Å². The summed E-state index contributed by atoms with van der Waals surface area (Å²) in [6.45, 7) is 11.5. The maximum absolute atomic E-state index is 2.32. The Hall–Kier alpha value is -1.63. The molecule has 1 aromatic heterocycles. The van der Waals surface area contributed by atoms with Gasteiger partial charge in [-0.25, -0.2) is 4.57 Å². The summed E-state index contributed by atoms with van der Waals surface area (Å²) in [5.41, 5.74) is 3.00. The Balaban J connectivity index is 2.24. The zero-order valence-corrected chi connectivity index (χ0v) is 13.4. The van der Waals surface area contributed by atoms with Gasteiger partial charge in [-0.15, -0.1) is 0 Å². The monoisotopic (exact) mass is 268 g/mol. The number of rotatable bonds is 3. The van der Waals surface area contributed by atoms with E-state index in [2.05, 4.69) is 94.0 Å². The molecular formula is C19H26N+. The lowest BCUT2D eigenvalue weighted by atomic mass is 9.81. The smallest absolute Gasteiger partial charge is 0.169 e. The van der Waals surface area contributed by atoms with Gasteiger partial charge < -0.3 is 0 Å². The van der Waals surface area contributed by atoms with Gasteiger partial charge in [0, 0.05) is 32.4 Å². The minimum absolute atomic E-state index is 0.132. The third-order valence-corrected chi connectivity index (χ3v) is 3.60. The molecule has 0 amide bonds. The van der Waals surface area contributed by atoms with Crippen molar-refractivity contribution >= 4 is 0 Å². The molecule has 2 rings (SSSR count). The number of benzene rings is 1. The first-order valence-corrected chi connectivity index (χ1v) is 7.35. The van der Waals surface area contributed by atoms with Gasteiger partial charge in [-0.1, -0.05) is 51.1 Å². The lowest BCUT2D eigenvalue weighted by molar-refractivity contribution is -0.760. The quantitative estimate of drug-likeness (QED) is 0.703. The molecule has 1 heterocycles. The van der Waals surface area contributed by atoms with Gasteiger partial charge >= 0.3 is 0 Å². The number of hydrogen-bond acceptors (Lipinski definition) is 0. The van der Waals surface area contributed by atoms with Crippen molar-refractivity contribution in [2.75, 3.05) is 0 Å². The zero-order valence-electron chi connectivity index (χ0n) is 13.4. The first-order chi connectivity index (χ1) is 9.28. The van der Waals surface area contributed by atoms with Crippen LogP contribution in [0.2, 0.25) is 0 Å². The van der Waals surface area contributed by atoms with E-state index in [0.29, 0.717) is 5.41 Å². The van der Waals surface area contributed by atoms with Crippen molar-refractivity contribution in [1.29, 1.82) is 0 Å². The Labute approximate surface area is 123 Å². The molecule has 0 aliphatic heterocycles. The molecule has 0 spiro atoms. The highest BCUT2D eigenvalue weighted by Gasteiger charge is 2.33. The van der Waals surface area contributed by atoms with E-state index in [1.54, 1.807) is 0 Å². The number of aromatic nitrogens is 1. The predicted molar refractivity (Wildman–Crippen MR) is 85.5 cm³/mol. The molecule has 0 radical (unpaired) electrons. The summed E-state index contributed by atoms with van der Waals surface area (Å²) in [5.74, 6) is 0. The fraction of sp³-hybridized carbons (Fsp3) is 0.421. The van der Waals surface area contributed by atoms with Gasteiger partial charge in [-0.2, -0.15) is 0 Å². The van der Waals surface area contributed by atoms with Crippen LogP contribution in [0.4, 0.5) is 0 Å². The van der Waals surface area contributed by atoms with E-state index in [9.17, 15) is 0 Å². The second-order valence-electron chi connectivity index (χ2n) is 7.41. The van der Waals surface area contributed by atoms with Crippen molar-refractivity contribution in [2.24, 2.45) is 5.41 Å². The molecule has 0 unspecified atom stereocenters. The number of nitrogens with zero attached hydrogens (tertiary/aromatic N) is 1. The number of hydrogen-bond donors (Lipinski definition) is 0. The highest BCUT2D eigenvalue weighted by atomic mass is 15.0. The number of pyridine rings is 1. The Morgan fingerprint density at radius 3 is 1.75 bits per heavy atom. The molecule has 0 aliphatic carbocycles. The van der Waals surface area contributed by atoms with Crippen LogP contribution in [-0.4, -0.2) is 0 Å². The SMILES string of the molecule is CC(C)(C)CC(C)(C)[n+]1ccc(-c2ccccc2)cc1. The maximum Gasteiger partial charge on any atom is 0.169 e. The molecule has 0 aliphatic rings. The van der Waals surface area contributed by atoms with Gasteiger partial charge in [0.1, 0.15) is 0 Å². The fourth-order valence-electron chi connectivity index (χ4n) is 3.04. The molecule has 0 atom stereocenters. The molecular weight excluding hydrogens is 242 g/mol. The van der Waals surface area contributed by atoms with Crippen molar-refractivity contribution in [3.63, 3.8) is 0 Å². The first kappa shape index (κ1) is 14.8. The van der Waals surface area contributed by atoms with Crippen molar-refractivity contribution < 1.29 is 4.57 Å². The molecule has 20 heavy (non-hydrogen) atoms. The fourth-order valence-corrected chi connectivity index (χ4v) is 3.04. The standard InChI is InChI=1S/C19H26N/c1-18(2,3)15-19(4,5)20-13-11-17(12-14-20)16-9-7-6-8-10-16/h6-14H,15H2,1-5H3/q+1. The van der Waals surface area contributed by atoms with Crippen molar-refractivity contribution in [3.05, 3.63) is 54.9 Å². The summed E-state index contributed by atoms with van der Waals surface area (Å²) in [7, 11) is 0. The highest BCUT2D eigenvalue weighted by molar-refractivity contribution is 5.61. The average Bonchev–Trinajstić information content (AvgIpc) is 2.37. The van der Waals surface area contributed by atoms with Crippen LogP contribution in [0.15, 0.2) is 54.9 Å². The molecule has 2 aromatic rings. The summed E-state index contributed by atoms with van der Waals surface area (Å²) in [4.78, 5) is 0. The van der Waals surface area contributed by atoms with E-state index in [4.69, 9.17) is 0 Å². The topological polar surface area (TPSA) is 3.88 Å². The van der Waals surface area contributed by atoms with E-state index in [1.165, 1.54) is 11.1 Å². The van der Waals surface area contributed by atoms with Crippen molar-refractivity contribution in [1.82, 2.24) is 0 Å². The molecule has 0 fully saturated rings. The lowest BCUT2D eigenvalue weighted by Crippen LogP contribution is -2.53.